The van der Waals surface area contributed by atoms with Crippen LogP contribution in [-0.2, 0) is 0 Å². The van der Waals surface area contributed by atoms with Gasteiger partial charge in [-0.05, 0) is 18.2 Å². The molecular formula is C13H9Cl3O2. The number of benzene rings is 2. The molecule has 0 bridgehead atoms. The number of para-hydroxylation sites is 2. The number of hydrogen-bond donors (Lipinski definition) is 0. The average molecular weight is 304 g/mol. The van der Waals surface area contributed by atoms with Gasteiger partial charge in [-0.15, -0.1) is 0 Å². The van der Waals surface area contributed by atoms with Gasteiger partial charge in [0, 0.05) is 6.07 Å². The minimum absolute atomic E-state index is 0.381. The number of halogens is 3. The van der Waals surface area contributed by atoms with Gasteiger partial charge in [-0.2, -0.15) is 0 Å². The molecule has 0 unspecified atom stereocenters. The van der Waals surface area contributed by atoms with E-state index in [1.54, 1.807) is 25.3 Å². The van der Waals surface area contributed by atoms with Crippen molar-refractivity contribution < 1.29 is 9.47 Å². The molecule has 0 radical (unpaired) electrons. The molecule has 18 heavy (non-hydrogen) atoms. The first-order valence-corrected chi connectivity index (χ1v) is 6.20. The lowest BCUT2D eigenvalue weighted by molar-refractivity contribution is 0.379. The van der Waals surface area contributed by atoms with E-state index in [4.69, 9.17) is 44.3 Å². The molecule has 2 nitrogen and oxygen atoms in total. The third-order valence-electron chi connectivity index (χ3n) is 2.26. The van der Waals surface area contributed by atoms with Crippen molar-refractivity contribution in [1.29, 1.82) is 0 Å². The van der Waals surface area contributed by atoms with E-state index < -0.39 is 0 Å². The minimum atomic E-state index is 0.381. The van der Waals surface area contributed by atoms with Gasteiger partial charge in [0.15, 0.2) is 11.5 Å². The van der Waals surface area contributed by atoms with Gasteiger partial charge in [-0.3, -0.25) is 0 Å². The Morgan fingerprint density at radius 3 is 2.06 bits per heavy atom. The Hall–Kier alpha value is -1.09. The number of rotatable bonds is 3. The fraction of sp³-hybridized carbons (Fsp3) is 0.0769. The van der Waals surface area contributed by atoms with Crippen molar-refractivity contribution in [2.45, 2.75) is 0 Å². The molecular weight excluding hydrogens is 294 g/mol. The van der Waals surface area contributed by atoms with Crippen molar-refractivity contribution >= 4 is 34.8 Å². The molecule has 0 aliphatic heterocycles. The standard InChI is InChI=1S/C13H9Cl3O2/c1-17-11-4-2-3-5-12(11)18-13-7-9(15)8(14)6-10(13)16/h2-7H,1H3. The topological polar surface area (TPSA) is 18.5 Å². The zero-order chi connectivity index (χ0) is 13.1. The van der Waals surface area contributed by atoms with Crippen LogP contribution in [-0.4, -0.2) is 7.11 Å². The lowest BCUT2D eigenvalue weighted by Gasteiger charge is -2.11. The maximum atomic E-state index is 6.04. The van der Waals surface area contributed by atoms with Crippen molar-refractivity contribution in [2.24, 2.45) is 0 Å². The minimum Gasteiger partial charge on any atom is -0.493 e. The van der Waals surface area contributed by atoms with Crippen LogP contribution in [0.15, 0.2) is 36.4 Å². The molecule has 0 N–H and O–H groups in total. The monoisotopic (exact) mass is 302 g/mol. The number of methoxy groups -OCH3 is 1. The summed E-state index contributed by atoms with van der Waals surface area (Å²) in [5.74, 6) is 1.59. The Kier molecular flexibility index (Phi) is 4.23. The Labute approximate surface area is 120 Å². The van der Waals surface area contributed by atoms with Gasteiger partial charge < -0.3 is 9.47 Å². The summed E-state index contributed by atoms with van der Waals surface area (Å²) in [7, 11) is 1.57. The van der Waals surface area contributed by atoms with Crippen LogP contribution >= 0.6 is 34.8 Å². The van der Waals surface area contributed by atoms with Gasteiger partial charge in [-0.25, -0.2) is 0 Å². The molecule has 0 aromatic heterocycles. The van der Waals surface area contributed by atoms with Crippen molar-refractivity contribution in [3.05, 3.63) is 51.5 Å². The van der Waals surface area contributed by atoms with Crippen LogP contribution in [0.4, 0.5) is 0 Å². The molecule has 2 rings (SSSR count). The average Bonchev–Trinajstić information content (AvgIpc) is 2.36. The van der Waals surface area contributed by atoms with Gasteiger partial charge in [0.2, 0.25) is 0 Å². The van der Waals surface area contributed by atoms with Crippen molar-refractivity contribution in [3.63, 3.8) is 0 Å². The van der Waals surface area contributed by atoms with Crippen LogP contribution in [0.3, 0.4) is 0 Å². The summed E-state index contributed by atoms with van der Waals surface area (Å²) in [5.41, 5.74) is 0. The Morgan fingerprint density at radius 2 is 1.39 bits per heavy atom. The first-order chi connectivity index (χ1) is 8.61. The second-order valence-electron chi connectivity index (χ2n) is 3.45. The van der Waals surface area contributed by atoms with Crippen molar-refractivity contribution in [3.8, 4) is 17.2 Å². The number of ether oxygens (including phenoxy) is 2. The molecule has 0 saturated carbocycles. The summed E-state index contributed by atoms with van der Waals surface area (Å²) < 4.78 is 10.9. The molecule has 0 saturated heterocycles. The first-order valence-electron chi connectivity index (χ1n) is 5.07. The van der Waals surface area contributed by atoms with Crippen LogP contribution in [0.2, 0.25) is 15.1 Å². The molecule has 94 valence electrons. The highest BCUT2D eigenvalue weighted by Gasteiger charge is 2.10. The third kappa shape index (κ3) is 2.83. The molecule has 0 fully saturated rings. The van der Waals surface area contributed by atoms with Gasteiger partial charge in [-0.1, -0.05) is 46.9 Å². The Balaban J connectivity index is 2.37. The molecule has 0 spiro atoms. The highest BCUT2D eigenvalue weighted by molar-refractivity contribution is 6.43. The molecule has 2 aromatic rings. The fourth-order valence-electron chi connectivity index (χ4n) is 1.40. The summed E-state index contributed by atoms with van der Waals surface area (Å²) in [6.45, 7) is 0. The predicted octanol–water partition coefficient (Wildman–Crippen LogP) is 5.45. The fourth-order valence-corrected chi connectivity index (χ4v) is 1.98. The van der Waals surface area contributed by atoms with E-state index in [1.165, 1.54) is 6.07 Å². The van der Waals surface area contributed by atoms with Crippen molar-refractivity contribution in [1.82, 2.24) is 0 Å². The second-order valence-corrected chi connectivity index (χ2v) is 4.67. The molecule has 0 atom stereocenters. The van der Waals surface area contributed by atoms with Crippen molar-refractivity contribution in [2.75, 3.05) is 7.11 Å². The molecule has 0 amide bonds. The summed E-state index contributed by atoms with van der Waals surface area (Å²) in [4.78, 5) is 0. The van der Waals surface area contributed by atoms with Crippen LogP contribution in [0, 0.1) is 0 Å². The molecule has 0 heterocycles. The number of hydrogen-bond acceptors (Lipinski definition) is 2. The SMILES string of the molecule is COc1ccccc1Oc1cc(Cl)c(Cl)cc1Cl. The second kappa shape index (κ2) is 5.70. The summed E-state index contributed by atoms with van der Waals surface area (Å²) in [6.07, 6.45) is 0. The Bertz CT molecular complexity index is 570. The molecule has 0 aliphatic rings. The lowest BCUT2D eigenvalue weighted by atomic mass is 10.3. The molecule has 0 aliphatic carbocycles. The zero-order valence-electron chi connectivity index (χ0n) is 9.41. The molecule has 2 aromatic carbocycles. The van der Waals surface area contributed by atoms with E-state index in [0.717, 1.165) is 0 Å². The van der Waals surface area contributed by atoms with E-state index in [2.05, 4.69) is 0 Å². The summed E-state index contributed by atoms with van der Waals surface area (Å²) in [5, 5.41) is 1.15. The largest absolute Gasteiger partial charge is 0.493 e. The highest BCUT2D eigenvalue weighted by atomic mass is 35.5. The van der Waals surface area contributed by atoms with E-state index in [9.17, 15) is 0 Å². The summed E-state index contributed by atoms with van der Waals surface area (Å²) >= 11 is 17.8. The Morgan fingerprint density at radius 1 is 0.778 bits per heavy atom. The van der Waals surface area contributed by atoms with Gasteiger partial charge in [0.05, 0.1) is 22.2 Å². The maximum absolute atomic E-state index is 6.04. The zero-order valence-corrected chi connectivity index (χ0v) is 11.7. The normalized spacial score (nSPS) is 10.2. The highest BCUT2D eigenvalue weighted by Crippen LogP contribution is 2.38. The third-order valence-corrected chi connectivity index (χ3v) is 3.28. The van der Waals surface area contributed by atoms with Crippen LogP contribution in [0.25, 0.3) is 0 Å². The first kappa shape index (κ1) is 13.3. The van der Waals surface area contributed by atoms with E-state index in [1.807, 2.05) is 12.1 Å². The van der Waals surface area contributed by atoms with Gasteiger partial charge >= 0.3 is 0 Å². The van der Waals surface area contributed by atoms with E-state index in [0.29, 0.717) is 32.3 Å². The maximum Gasteiger partial charge on any atom is 0.169 e. The lowest BCUT2D eigenvalue weighted by Crippen LogP contribution is -1.90. The van der Waals surface area contributed by atoms with Crippen LogP contribution in [0.1, 0.15) is 0 Å². The van der Waals surface area contributed by atoms with Gasteiger partial charge in [0.25, 0.3) is 0 Å². The smallest absolute Gasteiger partial charge is 0.169 e. The van der Waals surface area contributed by atoms with Crippen LogP contribution < -0.4 is 9.47 Å². The predicted molar refractivity (Wildman–Crippen MR) is 74.5 cm³/mol. The molecule has 5 heteroatoms. The van der Waals surface area contributed by atoms with Crippen LogP contribution in [0.5, 0.6) is 17.2 Å². The summed E-state index contributed by atoms with van der Waals surface area (Å²) in [6, 6.07) is 10.4. The van der Waals surface area contributed by atoms with E-state index in [-0.39, 0.29) is 0 Å². The van der Waals surface area contributed by atoms with E-state index >= 15 is 0 Å². The van der Waals surface area contributed by atoms with Gasteiger partial charge in [0.1, 0.15) is 5.75 Å². The quantitative estimate of drug-likeness (QED) is 0.702.